The Hall–Kier alpha value is -1.09. The number of nitrogens with one attached hydrogen (secondary N) is 1. The summed E-state index contributed by atoms with van der Waals surface area (Å²) in [5.74, 6) is -9.43. The van der Waals surface area contributed by atoms with E-state index in [1.54, 1.807) is 0 Å². The van der Waals surface area contributed by atoms with E-state index in [0.717, 1.165) is 0 Å². The summed E-state index contributed by atoms with van der Waals surface area (Å²) in [4.78, 5) is 24.8. The van der Waals surface area contributed by atoms with Crippen LogP contribution in [-0.2, 0) is 9.59 Å². The third-order valence-corrected chi connectivity index (χ3v) is 6.49. The molecule has 2 N–H and O–H groups in total. The first-order valence-corrected chi connectivity index (χ1v) is 8.47. The fraction of sp³-hybridized carbons (Fsp3) is 0.867. The quantitative estimate of drug-likeness (QED) is 0.408. The van der Waals surface area contributed by atoms with Crippen molar-refractivity contribution in [2.45, 2.75) is 72.4 Å². The number of aliphatic hydroxyl groups excluding tert-OH is 1. The van der Waals surface area contributed by atoms with Gasteiger partial charge in [0, 0.05) is 18.4 Å². The summed E-state index contributed by atoms with van der Waals surface area (Å²) in [6.07, 6.45) is -3.23. The van der Waals surface area contributed by atoms with Gasteiger partial charge in [-0.1, -0.05) is 0 Å². The number of rotatable bonds is 1. The van der Waals surface area contributed by atoms with Crippen molar-refractivity contribution in [3.8, 4) is 0 Å². The van der Waals surface area contributed by atoms with Crippen molar-refractivity contribution in [2.75, 3.05) is 6.54 Å². The van der Waals surface area contributed by atoms with E-state index in [4.69, 9.17) is 11.6 Å². The van der Waals surface area contributed by atoms with Crippen LogP contribution in [-0.4, -0.2) is 62.3 Å². The highest BCUT2D eigenvalue weighted by Crippen LogP contribution is 2.64. The molecule has 5 aliphatic rings. The molecule has 1 spiro atoms. The number of likely N-dealkylation sites (tertiary alicyclic amines) is 1. The maximum atomic E-state index is 14.0. The van der Waals surface area contributed by atoms with Crippen molar-refractivity contribution in [2.24, 2.45) is 0 Å². The summed E-state index contributed by atoms with van der Waals surface area (Å²) in [6, 6.07) is 0. The molecule has 1 saturated heterocycles. The summed E-state index contributed by atoms with van der Waals surface area (Å²) < 4.78 is 55.3. The molecule has 4 aliphatic carbocycles. The van der Waals surface area contributed by atoms with Crippen molar-refractivity contribution in [1.29, 1.82) is 0 Å². The molecule has 25 heavy (non-hydrogen) atoms. The molecule has 0 aromatic carbocycles. The number of carbonyl (C=O) groups excluding carboxylic acids is 2. The molecular weight excluding hydrogens is 368 g/mol. The zero-order valence-electron chi connectivity index (χ0n) is 13.1. The number of carbonyl (C=O) groups is 2. The lowest BCUT2D eigenvalue weighted by atomic mass is 9.49. The Morgan fingerprint density at radius 3 is 2.16 bits per heavy atom. The average molecular weight is 385 g/mol. The zero-order chi connectivity index (χ0) is 18.5. The lowest BCUT2D eigenvalue weighted by Crippen LogP contribution is -2.77. The maximum Gasteiger partial charge on any atom is 0.312 e. The van der Waals surface area contributed by atoms with E-state index in [-0.39, 0.29) is 4.87 Å². The smallest absolute Gasteiger partial charge is 0.312 e. The van der Waals surface area contributed by atoms with E-state index < -0.39 is 66.6 Å². The first-order valence-electron chi connectivity index (χ1n) is 8.09. The van der Waals surface area contributed by atoms with Crippen LogP contribution in [0.15, 0.2) is 0 Å². The molecule has 5 fully saturated rings. The van der Waals surface area contributed by atoms with E-state index in [1.165, 1.54) is 0 Å². The van der Waals surface area contributed by atoms with Gasteiger partial charge in [0.05, 0.1) is 17.0 Å². The van der Waals surface area contributed by atoms with Gasteiger partial charge in [-0.3, -0.25) is 9.59 Å². The predicted octanol–water partition coefficient (Wildman–Crippen LogP) is 1.41. The molecule has 140 valence electrons. The van der Waals surface area contributed by atoms with E-state index in [0.29, 0.717) is 24.2 Å². The molecule has 0 radical (unpaired) electrons. The number of nitrogens with zero attached hydrogens (tertiary/aromatic N) is 1. The monoisotopic (exact) mass is 384 g/mol. The van der Waals surface area contributed by atoms with Gasteiger partial charge in [-0.2, -0.15) is 0 Å². The molecule has 0 unspecified atom stereocenters. The Labute approximate surface area is 145 Å². The SMILES string of the molecule is O=C(NC12CC(Cl)(C1)C2)C(=O)N1CC(F)(F)[C@H](O)[C@@]12CCC(F)(F)C2. The fourth-order valence-corrected chi connectivity index (χ4v) is 5.74. The summed E-state index contributed by atoms with van der Waals surface area (Å²) in [7, 11) is 0. The number of hydrogen-bond acceptors (Lipinski definition) is 3. The van der Waals surface area contributed by atoms with Crippen molar-refractivity contribution in [1.82, 2.24) is 10.2 Å². The second-order valence-electron chi connectivity index (χ2n) is 8.11. The molecule has 5 nitrogen and oxygen atoms in total. The number of alkyl halides is 5. The van der Waals surface area contributed by atoms with Crippen molar-refractivity contribution < 1.29 is 32.3 Å². The van der Waals surface area contributed by atoms with Gasteiger partial charge in [0.1, 0.15) is 6.10 Å². The van der Waals surface area contributed by atoms with Crippen LogP contribution in [0, 0.1) is 0 Å². The van der Waals surface area contributed by atoms with Crippen molar-refractivity contribution in [3.05, 3.63) is 0 Å². The van der Waals surface area contributed by atoms with E-state index in [1.807, 2.05) is 0 Å². The first kappa shape index (κ1) is 17.3. The molecule has 1 heterocycles. The Kier molecular flexibility index (Phi) is 3.19. The van der Waals surface area contributed by atoms with E-state index in [2.05, 4.69) is 5.32 Å². The van der Waals surface area contributed by atoms with Crippen LogP contribution in [0.5, 0.6) is 0 Å². The standard InChI is InChI=1S/C15H17ClF4N2O3/c16-11-3-12(4-11,5-11)21-8(23)9(24)22-7-15(19,20)10(25)13(22)1-2-14(17,18)6-13/h10,25H,1-7H2,(H,21,23)/t10-,11?,12?,13+/m1/s1. The normalized spacial score (nSPS) is 45.8. The second-order valence-corrected chi connectivity index (χ2v) is 8.91. The molecule has 5 rings (SSSR count). The molecule has 0 aromatic heterocycles. The molecule has 2 atom stereocenters. The zero-order valence-corrected chi connectivity index (χ0v) is 13.9. The molecule has 4 saturated carbocycles. The van der Waals surface area contributed by atoms with Crippen LogP contribution in [0.1, 0.15) is 38.5 Å². The molecular formula is C15H17ClF4N2O3. The van der Waals surface area contributed by atoms with Crippen LogP contribution in [0.3, 0.4) is 0 Å². The summed E-state index contributed by atoms with van der Waals surface area (Å²) in [5, 5.41) is 12.4. The van der Waals surface area contributed by atoms with Gasteiger partial charge in [-0.15, -0.1) is 11.6 Å². The van der Waals surface area contributed by atoms with Gasteiger partial charge in [-0.05, 0) is 25.7 Å². The van der Waals surface area contributed by atoms with Gasteiger partial charge in [0.2, 0.25) is 0 Å². The lowest BCUT2D eigenvalue weighted by molar-refractivity contribution is -0.155. The van der Waals surface area contributed by atoms with Crippen LogP contribution in [0.2, 0.25) is 0 Å². The minimum atomic E-state index is -3.74. The molecule has 2 amide bonds. The number of amides is 2. The highest BCUT2D eigenvalue weighted by Gasteiger charge is 2.71. The van der Waals surface area contributed by atoms with Gasteiger partial charge in [0.25, 0.3) is 11.8 Å². The molecule has 2 bridgehead atoms. The number of hydrogen-bond donors (Lipinski definition) is 2. The van der Waals surface area contributed by atoms with Gasteiger partial charge >= 0.3 is 11.8 Å². The van der Waals surface area contributed by atoms with Crippen LogP contribution < -0.4 is 5.32 Å². The highest BCUT2D eigenvalue weighted by atomic mass is 35.5. The molecule has 0 aromatic rings. The fourth-order valence-electron chi connectivity index (χ4n) is 4.97. The lowest BCUT2D eigenvalue weighted by Gasteiger charge is -2.67. The Bertz CT molecular complexity index is 653. The largest absolute Gasteiger partial charge is 0.384 e. The Morgan fingerprint density at radius 1 is 1.08 bits per heavy atom. The van der Waals surface area contributed by atoms with E-state index >= 15 is 0 Å². The van der Waals surface area contributed by atoms with Gasteiger partial charge in [0.15, 0.2) is 0 Å². The van der Waals surface area contributed by atoms with Crippen molar-refractivity contribution in [3.63, 3.8) is 0 Å². The third kappa shape index (κ3) is 2.31. The van der Waals surface area contributed by atoms with Crippen molar-refractivity contribution >= 4 is 23.4 Å². The maximum absolute atomic E-state index is 14.0. The Balaban J connectivity index is 1.55. The van der Waals surface area contributed by atoms with Crippen LogP contribution in [0.25, 0.3) is 0 Å². The number of aliphatic hydroxyl groups is 1. The van der Waals surface area contributed by atoms with Gasteiger partial charge < -0.3 is 15.3 Å². The molecule has 10 heteroatoms. The minimum absolute atomic E-state index is 0.359. The average Bonchev–Trinajstić information content (AvgIpc) is 2.85. The Morgan fingerprint density at radius 2 is 1.68 bits per heavy atom. The summed E-state index contributed by atoms with van der Waals surface area (Å²) in [5.41, 5.74) is -2.71. The third-order valence-electron chi connectivity index (χ3n) is 6.09. The number of halogens is 5. The first-order chi connectivity index (χ1) is 11.3. The summed E-state index contributed by atoms with van der Waals surface area (Å²) in [6.45, 7) is -1.25. The molecule has 1 aliphatic heterocycles. The van der Waals surface area contributed by atoms with Crippen LogP contribution in [0.4, 0.5) is 17.6 Å². The summed E-state index contributed by atoms with van der Waals surface area (Å²) >= 11 is 6.07. The topological polar surface area (TPSA) is 69.6 Å². The van der Waals surface area contributed by atoms with Crippen LogP contribution >= 0.6 is 11.6 Å². The second kappa shape index (κ2) is 4.60. The van der Waals surface area contributed by atoms with E-state index in [9.17, 15) is 32.3 Å². The predicted molar refractivity (Wildman–Crippen MR) is 77.5 cm³/mol. The highest BCUT2D eigenvalue weighted by molar-refractivity contribution is 6.36. The minimum Gasteiger partial charge on any atom is -0.384 e. The van der Waals surface area contributed by atoms with Gasteiger partial charge in [-0.25, -0.2) is 17.6 Å².